The zero-order valence-corrected chi connectivity index (χ0v) is 23.9. The maximum atomic E-state index is 15.1. The molecule has 0 bridgehead atoms. The quantitative estimate of drug-likeness (QED) is 0.126. The summed E-state index contributed by atoms with van der Waals surface area (Å²) in [5.74, 6) is -0.540. The Morgan fingerprint density at radius 1 is 0.929 bits per heavy atom. The summed E-state index contributed by atoms with van der Waals surface area (Å²) in [4.78, 5) is 34.9. The second kappa shape index (κ2) is 11.4. The summed E-state index contributed by atoms with van der Waals surface area (Å²) in [5, 5.41) is 6.08. The van der Waals surface area contributed by atoms with Gasteiger partial charge in [0.25, 0.3) is 0 Å². The van der Waals surface area contributed by atoms with E-state index in [1.165, 1.54) is 18.2 Å². The molecule has 8 nitrogen and oxygen atoms in total. The number of benzene rings is 2. The molecule has 1 fully saturated rings. The zero-order chi connectivity index (χ0) is 30.0. The molecule has 1 aliphatic rings. The maximum absolute atomic E-state index is 15.1. The number of ether oxygens (including phenoxy) is 2. The van der Waals surface area contributed by atoms with E-state index < -0.39 is 17.1 Å². The lowest BCUT2D eigenvalue weighted by atomic mass is 10.0. The molecule has 2 aromatic carbocycles. The number of fused-ring (bicyclic) bond motifs is 1. The molecule has 0 atom stereocenters. The van der Waals surface area contributed by atoms with Crippen LogP contribution in [0.25, 0.3) is 16.5 Å². The molecule has 1 saturated carbocycles. The van der Waals surface area contributed by atoms with Gasteiger partial charge in [-0.15, -0.1) is 0 Å². The first-order valence-electron chi connectivity index (χ1n) is 13.4. The van der Waals surface area contributed by atoms with E-state index >= 15 is 4.39 Å². The Balaban J connectivity index is 1.31. The van der Waals surface area contributed by atoms with Crippen molar-refractivity contribution in [2.24, 2.45) is 5.41 Å². The molecule has 2 amide bonds. The zero-order valence-electron chi connectivity index (χ0n) is 23.9. The molecule has 0 spiro atoms. The molecule has 0 radical (unpaired) electrons. The van der Waals surface area contributed by atoms with Crippen LogP contribution < -0.4 is 15.4 Å². The first-order chi connectivity index (χ1) is 20.1. The number of aryl methyl sites for hydroxylation is 1. The number of hydrogen-bond acceptors (Lipinski definition) is 6. The van der Waals surface area contributed by atoms with Gasteiger partial charge in [0, 0.05) is 35.4 Å². The van der Waals surface area contributed by atoms with Gasteiger partial charge in [-0.05, 0) is 75.6 Å². The minimum atomic E-state index is -1.18. The number of nitrogens with one attached hydrogen (secondary N) is 2. The fourth-order valence-corrected chi connectivity index (χ4v) is 4.64. The van der Waals surface area contributed by atoms with Gasteiger partial charge in [-0.25, -0.2) is 4.39 Å². The van der Waals surface area contributed by atoms with Crippen molar-refractivity contribution in [1.82, 2.24) is 9.97 Å². The summed E-state index contributed by atoms with van der Waals surface area (Å²) in [6.45, 7) is 9.68. The van der Waals surface area contributed by atoms with Crippen molar-refractivity contribution >= 4 is 39.7 Å². The van der Waals surface area contributed by atoms with Gasteiger partial charge in [0.2, 0.25) is 11.8 Å². The molecular weight excluding hydrogens is 535 g/mol. The van der Waals surface area contributed by atoms with Gasteiger partial charge in [0.1, 0.15) is 16.9 Å². The van der Waals surface area contributed by atoms with Crippen LogP contribution in [0.2, 0.25) is 0 Å². The first kappa shape index (κ1) is 28.5. The number of aromatic nitrogens is 2. The molecule has 0 aliphatic heterocycles. The summed E-state index contributed by atoms with van der Waals surface area (Å²) in [7, 11) is 1.59. The number of pyridine rings is 2. The van der Waals surface area contributed by atoms with E-state index in [-0.39, 0.29) is 17.3 Å². The monoisotopic (exact) mass is 566 g/mol. The molecule has 1 aliphatic carbocycles. The van der Waals surface area contributed by atoms with Crippen molar-refractivity contribution in [2.75, 3.05) is 17.7 Å². The molecule has 0 unspecified atom stereocenters. The van der Waals surface area contributed by atoms with Crippen LogP contribution in [0.3, 0.4) is 0 Å². The number of allylic oxidation sites excluding steroid dienone is 3. The molecule has 5 rings (SSSR count). The fourth-order valence-electron chi connectivity index (χ4n) is 4.64. The molecule has 0 saturated heterocycles. The minimum Gasteiger partial charge on any atom is -0.501 e. The van der Waals surface area contributed by atoms with Crippen LogP contribution in [0, 0.1) is 18.2 Å². The van der Waals surface area contributed by atoms with Crippen LogP contribution in [-0.4, -0.2) is 28.9 Å². The number of halogens is 1. The molecule has 4 aromatic rings. The third-order valence-corrected chi connectivity index (χ3v) is 7.27. The lowest BCUT2D eigenvalue weighted by Gasteiger charge is -2.16. The van der Waals surface area contributed by atoms with Crippen LogP contribution in [0.1, 0.15) is 37.9 Å². The highest BCUT2D eigenvalue weighted by atomic mass is 19.1. The number of anilines is 2. The average Bonchev–Trinajstić information content (AvgIpc) is 3.78. The Morgan fingerprint density at radius 2 is 1.60 bits per heavy atom. The van der Waals surface area contributed by atoms with Crippen LogP contribution in [0.5, 0.6) is 11.5 Å². The highest BCUT2D eigenvalue weighted by Gasteiger charge is 2.56. The summed E-state index contributed by atoms with van der Waals surface area (Å²) in [6, 6.07) is 14.9. The second-order valence-electron chi connectivity index (χ2n) is 10.4. The summed E-state index contributed by atoms with van der Waals surface area (Å²) >= 11 is 0. The lowest BCUT2D eigenvalue weighted by molar-refractivity contribution is -0.131. The number of carbonyl (C=O) groups is 2. The highest BCUT2D eigenvalue weighted by Crippen LogP contribution is 2.47. The summed E-state index contributed by atoms with van der Waals surface area (Å²) in [6.07, 6.45) is 4.01. The van der Waals surface area contributed by atoms with Gasteiger partial charge in [-0.3, -0.25) is 19.6 Å². The van der Waals surface area contributed by atoms with Gasteiger partial charge in [-0.2, -0.15) is 0 Å². The van der Waals surface area contributed by atoms with Crippen molar-refractivity contribution in [3.05, 3.63) is 102 Å². The molecule has 2 N–H and O–H groups in total. The van der Waals surface area contributed by atoms with Crippen molar-refractivity contribution in [3.8, 4) is 11.5 Å². The standard InChI is InChI=1S/C33H31FN4O4/c1-19(2)30(21(4)41-5)27-17-26-24(18-36-27)28(12-15-35-26)42-29-11-10-23(16-25(29)34)38-32(40)33(13-14-33)31(39)37-22-8-6-20(3)7-9-22/h6-12,15-18H,1,13-14H2,2-5H3,(H,37,39)(H,38,40)/b30-21+. The van der Waals surface area contributed by atoms with Gasteiger partial charge in [0.15, 0.2) is 11.6 Å². The van der Waals surface area contributed by atoms with E-state index in [0.717, 1.165) is 16.7 Å². The smallest absolute Gasteiger partial charge is 0.240 e. The maximum Gasteiger partial charge on any atom is 0.240 e. The van der Waals surface area contributed by atoms with E-state index in [0.29, 0.717) is 46.6 Å². The molecule has 2 heterocycles. The van der Waals surface area contributed by atoms with Crippen LogP contribution in [0.15, 0.2) is 84.9 Å². The average molecular weight is 567 g/mol. The van der Waals surface area contributed by atoms with E-state index in [4.69, 9.17) is 9.47 Å². The molecule has 42 heavy (non-hydrogen) atoms. The van der Waals surface area contributed by atoms with Crippen LogP contribution >= 0.6 is 0 Å². The van der Waals surface area contributed by atoms with E-state index in [2.05, 4.69) is 27.2 Å². The number of amides is 2. The van der Waals surface area contributed by atoms with Crippen LogP contribution in [-0.2, 0) is 14.3 Å². The van der Waals surface area contributed by atoms with Crippen LogP contribution in [0.4, 0.5) is 15.8 Å². The highest BCUT2D eigenvalue weighted by molar-refractivity contribution is 6.16. The number of methoxy groups -OCH3 is 1. The van der Waals surface area contributed by atoms with Crippen molar-refractivity contribution < 1.29 is 23.5 Å². The van der Waals surface area contributed by atoms with Crippen molar-refractivity contribution in [1.29, 1.82) is 0 Å². The molecule has 9 heteroatoms. The van der Waals surface area contributed by atoms with E-state index in [1.54, 1.807) is 43.8 Å². The SMILES string of the molecule is C=C(C)/C(=C(/C)OC)c1cc2nccc(Oc3ccc(NC(=O)C4(C(=O)Nc5ccc(C)cc5)CC4)cc3F)c2cn1. The lowest BCUT2D eigenvalue weighted by Crippen LogP contribution is -2.35. The minimum absolute atomic E-state index is 0.0411. The third kappa shape index (κ3) is 5.72. The molecule has 2 aromatic heterocycles. The van der Waals surface area contributed by atoms with Gasteiger partial charge in [0.05, 0.1) is 23.7 Å². The van der Waals surface area contributed by atoms with Crippen molar-refractivity contribution in [2.45, 2.75) is 33.6 Å². The molecular formula is C33H31FN4O4. The topological polar surface area (TPSA) is 102 Å². The van der Waals surface area contributed by atoms with E-state index in [1.807, 2.05) is 32.9 Å². The Bertz CT molecular complexity index is 1740. The largest absolute Gasteiger partial charge is 0.501 e. The number of hydrogen-bond donors (Lipinski definition) is 2. The van der Waals surface area contributed by atoms with Gasteiger partial charge >= 0.3 is 0 Å². The van der Waals surface area contributed by atoms with Crippen molar-refractivity contribution in [3.63, 3.8) is 0 Å². The van der Waals surface area contributed by atoms with Gasteiger partial charge in [-0.1, -0.05) is 24.3 Å². The number of rotatable bonds is 9. The van der Waals surface area contributed by atoms with Gasteiger partial charge < -0.3 is 20.1 Å². The Hall–Kier alpha value is -5.05. The Kier molecular flexibility index (Phi) is 7.76. The summed E-state index contributed by atoms with van der Waals surface area (Å²) in [5.41, 5.74) is 3.53. The first-order valence-corrected chi connectivity index (χ1v) is 13.4. The van der Waals surface area contributed by atoms with E-state index in [9.17, 15) is 9.59 Å². The fraction of sp³-hybridized carbons (Fsp3) is 0.212. The molecule has 214 valence electrons. The summed E-state index contributed by atoms with van der Waals surface area (Å²) < 4.78 is 26.4. The number of carbonyl (C=O) groups excluding carboxylic acids is 2. The Morgan fingerprint density at radius 3 is 2.21 bits per heavy atom. The Labute approximate surface area is 243 Å². The predicted molar refractivity (Wildman–Crippen MR) is 161 cm³/mol. The normalized spacial score (nSPS) is 14.0. The predicted octanol–water partition coefficient (Wildman–Crippen LogP) is 7.18. The third-order valence-electron chi connectivity index (χ3n) is 7.27. The second-order valence-corrected chi connectivity index (χ2v) is 10.4. The number of nitrogens with zero attached hydrogens (tertiary/aromatic N) is 2.